The first-order valence-electron chi connectivity index (χ1n) is 32.7. The number of allylic oxidation sites excluding steroid dienone is 3. The van der Waals surface area contributed by atoms with Crippen LogP contribution in [0.3, 0.4) is 0 Å². The molecule has 0 aliphatic carbocycles. The van der Waals surface area contributed by atoms with Gasteiger partial charge in [-0.1, -0.05) is 346 Å². The summed E-state index contributed by atoms with van der Waals surface area (Å²) in [5, 5.41) is 33.5. The standard InChI is InChI=1S/C66H129NO4/c1-3-5-7-9-11-13-15-17-19-21-23-25-27-28-29-30-31-32-33-34-35-36-37-39-41-43-45-47-49-51-53-55-57-59-61-65(70)66(71)67-63(62-68)64(69)60-58-56-54-52-50-48-46-44-42-40-38-26-24-22-20-18-16-14-12-10-8-6-4-2/h30-31,58,60,63-65,68-70H,3-29,32-57,59,61-62H2,1-2H3,(H,67,71)/b31-30-,60-58+. The van der Waals surface area contributed by atoms with Gasteiger partial charge in [0.15, 0.2) is 0 Å². The Kier molecular flexibility index (Phi) is 60.4. The van der Waals surface area contributed by atoms with Crippen molar-refractivity contribution >= 4 is 5.91 Å². The molecule has 0 aromatic heterocycles. The summed E-state index contributed by atoms with van der Waals surface area (Å²) in [6.07, 6.45) is 80.1. The molecule has 5 heteroatoms. The molecule has 0 spiro atoms. The summed E-state index contributed by atoms with van der Waals surface area (Å²) >= 11 is 0. The van der Waals surface area contributed by atoms with Crippen LogP contribution in [-0.2, 0) is 4.79 Å². The highest BCUT2D eigenvalue weighted by molar-refractivity contribution is 5.80. The fraction of sp³-hybridized carbons (Fsp3) is 0.924. The van der Waals surface area contributed by atoms with Crippen LogP contribution in [0.1, 0.15) is 367 Å². The molecule has 1 amide bonds. The molecule has 422 valence electrons. The number of hydrogen-bond donors (Lipinski definition) is 4. The minimum atomic E-state index is -1.10. The lowest BCUT2D eigenvalue weighted by Crippen LogP contribution is -2.48. The number of hydrogen-bond acceptors (Lipinski definition) is 4. The second-order valence-corrected chi connectivity index (χ2v) is 22.7. The van der Waals surface area contributed by atoms with E-state index >= 15 is 0 Å². The van der Waals surface area contributed by atoms with Crippen molar-refractivity contribution in [2.45, 2.75) is 385 Å². The summed E-state index contributed by atoms with van der Waals surface area (Å²) in [5.41, 5.74) is 0. The van der Waals surface area contributed by atoms with Crippen LogP contribution in [-0.4, -0.2) is 46.1 Å². The Bertz CT molecular complexity index is 1060. The molecule has 0 rings (SSSR count). The van der Waals surface area contributed by atoms with E-state index in [2.05, 4.69) is 31.3 Å². The fourth-order valence-corrected chi connectivity index (χ4v) is 10.5. The van der Waals surface area contributed by atoms with Gasteiger partial charge in [-0.05, 0) is 44.9 Å². The monoisotopic (exact) mass is 1000 g/mol. The molecule has 0 radical (unpaired) electrons. The first-order chi connectivity index (χ1) is 35.1. The second kappa shape index (κ2) is 61.4. The molecule has 0 aliphatic heterocycles. The van der Waals surface area contributed by atoms with Crippen molar-refractivity contribution in [3.05, 3.63) is 24.3 Å². The third kappa shape index (κ3) is 56.4. The zero-order chi connectivity index (χ0) is 51.4. The SMILES string of the molecule is CCCCCCCCCCCCCCCC/C=C\CCCCCCCCCCCCCCCCCCC(O)C(=O)NC(CO)C(O)/C=C/CCCCCCCCCCCCCCCCCCCCCCC. The first-order valence-corrected chi connectivity index (χ1v) is 32.7. The van der Waals surface area contributed by atoms with E-state index < -0.39 is 24.2 Å². The Balaban J connectivity index is 3.49. The van der Waals surface area contributed by atoms with Crippen LogP contribution in [0, 0.1) is 0 Å². The van der Waals surface area contributed by atoms with Crippen LogP contribution in [0.5, 0.6) is 0 Å². The Morgan fingerprint density at radius 2 is 0.563 bits per heavy atom. The van der Waals surface area contributed by atoms with Gasteiger partial charge in [0.2, 0.25) is 5.91 Å². The van der Waals surface area contributed by atoms with Gasteiger partial charge in [-0.2, -0.15) is 0 Å². The van der Waals surface area contributed by atoms with Gasteiger partial charge >= 0.3 is 0 Å². The normalized spacial score (nSPS) is 13.3. The number of aliphatic hydroxyl groups is 3. The molecule has 4 N–H and O–H groups in total. The van der Waals surface area contributed by atoms with E-state index in [1.165, 1.54) is 315 Å². The molecular formula is C66H129NO4. The Hall–Kier alpha value is -1.17. The summed E-state index contributed by atoms with van der Waals surface area (Å²) in [6.45, 7) is 4.23. The molecule has 0 heterocycles. The average Bonchev–Trinajstić information content (AvgIpc) is 3.38. The summed E-state index contributed by atoms with van der Waals surface area (Å²) in [6, 6.07) is -0.797. The van der Waals surface area contributed by atoms with Gasteiger partial charge in [-0.3, -0.25) is 4.79 Å². The first kappa shape index (κ1) is 69.8. The van der Waals surface area contributed by atoms with Gasteiger partial charge in [-0.25, -0.2) is 0 Å². The van der Waals surface area contributed by atoms with Crippen molar-refractivity contribution in [3.63, 3.8) is 0 Å². The minimum absolute atomic E-state index is 0.360. The molecule has 71 heavy (non-hydrogen) atoms. The minimum Gasteiger partial charge on any atom is -0.394 e. The largest absolute Gasteiger partial charge is 0.394 e. The van der Waals surface area contributed by atoms with Crippen LogP contribution in [0.2, 0.25) is 0 Å². The van der Waals surface area contributed by atoms with Crippen molar-refractivity contribution in [1.29, 1.82) is 0 Å². The number of unbranched alkanes of at least 4 members (excludes halogenated alkanes) is 51. The molecule has 0 aromatic rings. The van der Waals surface area contributed by atoms with E-state index in [9.17, 15) is 20.1 Å². The fourth-order valence-electron chi connectivity index (χ4n) is 10.5. The van der Waals surface area contributed by atoms with Crippen LogP contribution in [0.25, 0.3) is 0 Å². The lowest BCUT2D eigenvalue weighted by atomic mass is 10.0. The van der Waals surface area contributed by atoms with E-state index in [4.69, 9.17) is 0 Å². The van der Waals surface area contributed by atoms with Crippen molar-refractivity contribution in [2.75, 3.05) is 6.61 Å². The lowest BCUT2D eigenvalue weighted by molar-refractivity contribution is -0.131. The van der Waals surface area contributed by atoms with E-state index in [-0.39, 0.29) is 6.61 Å². The van der Waals surface area contributed by atoms with Crippen molar-refractivity contribution in [3.8, 4) is 0 Å². The molecule has 0 saturated heterocycles. The molecule has 3 unspecified atom stereocenters. The van der Waals surface area contributed by atoms with Crippen molar-refractivity contribution in [1.82, 2.24) is 5.32 Å². The van der Waals surface area contributed by atoms with Crippen molar-refractivity contribution in [2.24, 2.45) is 0 Å². The Labute approximate surface area is 445 Å². The smallest absolute Gasteiger partial charge is 0.249 e. The molecule has 0 fully saturated rings. The molecule has 5 nitrogen and oxygen atoms in total. The van der Waals surface area contributed by atoms with E-state index in [1.54, 1.807) is 6.08 Å². The van der Waals surface area contributed by atoms with Gasteiger partial charge in [0, 0.05) is 0 Å². The summed E-state index contributed by atoms with van der Waals surface area (Å²) in [5.74, 6) is -0.496. The average molecular weight is 1000 g/mol. The van der Waals surface area contributed by atoms with E-state index in [0.717, 1.165) is 32.1 Å². The zero-order valence-electron chi connectivity index (χ0n) is 48.4. The quantitative estimate of drug-likeness (QED) is 0.0361. The number of nitrogens with one attached hydrogen (secondary N) is 1. The van der Waals surface area contributed by atoms with Crippen LogP contribution < -0.4 is 5.32 Å². The Morgan fingerprint density at radius 1 is 0.338 bits per heavy atom. The van der Waals surface area contributed by atoms with Gasteiger partial charge in [0.05, 0.1) is 18.8 Å². The maximum atomic E-state index is 12.6. The number of carbonyl (C=O) groups is 1. The van der Waals surface area contributed by atoms with E-state index in [1.807, 2.05) is 6.08 Å². The summed E-state index contributed by atoms with van der Waals surface area (Å²) in [7, 11) is 0. The molecule has 3 atom stereocenters. The predicted molar refractivity (Wildman–Crippen MR) is 315 cm³/mol. The highest BCUT2D eigenvalue weighted by Gasteiger charge is 2.22. The van der Waals surface area contributed by atoms with Gasteiger partial charge in [0.1, 0.15) is 6.10 Å². The van der Waals surface area contributed by atoms with Gasteiger partial charge in [-0.15, -0.1) is 0 Å². The van der Waals surface area contributed by atoms with Crippen LogP contribution in [0.4, 0.5) is 0 Å². The molecule has 0 aromatic carbocycles. The number of amides is 1. The second-order valence-electron chi connectivity index (χ2n) is 22.7. The Morgan fingerprint density at radius 3 is 0.817 bits per heavy atom. The topological polar surface area (TPSA) is 89.8 Å². The maximum Gasteiger partial charge on any atom is 0.249 e. The number of aliphatic hydroxyl groups excluding tert-OH is 3. The predicted octanol–water partition coefficient (Wildman–Crippen LogP) is 20.8. The highest BCUT2D eigenvalue weighted by atomic mass is 16.3. The summed E-state index contributed by atoms with van der Waals surface area (Å²) < 4.78 is 0. The third-order valence-electron chi connectivity index (χ3n) is 15.5. The highest BCUT2D eigenvalue weighted by Crippen LogP contribution is 2.19. The van der Waals surface area contributed by atoms with E-state index in [0.29, 0.717) is 6.42 Å². The van der Waals surface area contributed by atoms with Crippen LogP contribution in [0.15, 0.2) is 24.3 Å². The molecule has 0 bridgehead atoms. The number of carbonyl (C=O) groups excluding carboxylic acids is 1. The molecule has 0 aliphatic rings. The van der Waals surface area contributed by atoms with Crippen molar-refractivity contribution < 1.29 is 20.1 Å². The zero-order valence-corrected chi connectivity index (χ0v) is 48.4. The van der Waals surface area contributed by atoms with Gasteiger partial charge < -0.3 is 20.6 Å². The van der Waals surface area contributed by atoms with Crippen LogP contribution >= 0.6 is 0 Å². The number of rotatable bonds is 61. The summed E-state index contributed by atoms with van der Waals surface area (Å²) in [4.78, 5) is 12.6. The lowest BCUT2D eigenvalue weighted by Gasteiger charge is -2.21. The maximum absolute atomic E-state index is 12.6. The molecule has 0 saturated carbocycles. The van der Waals surface area contributed by atoms with Gasteiger partial charge in [0.25, 0.3) is 0 Å². The third-order valence-corrected chi connectivity index (χ3v) is 15.5. The molecular weight excluding hydrogens is 871 g/mol.